The topological polar surface area (TPSA) is 41.6 Å². The first-order valence-corrected chi connectivity index (χ1v) is 9.04. The van der Waals surface area contributed by atoms with E-state index in [0.717, 1.165) is 30.0 Å². The van der Waals surface area contributed by atoms with Gasteiger partial charge in [-0.05, 0) is 36.2 Å². The van der Waals surface area contributed by atoms with Crippen LogP contribution in [0.4, 0.5) is 11.4 Å². The summed E-state index contributed by atoms with van der Waals surface area (Å²) in [6, 6.07) is 13.2. The average molecular weight is 379 g/mol. The van der Waals surface area contributed by atoms with Crippen molar-refractivity contribution in [1.29, 1.82) is 0 Å². The Morgan fingerprint density at radius 3 is 2.64 bits per heavy atom. The van der Waals surface area contributed by atoms with Crippen LogP contribution in [0.25, 0.3) is 0 Å². The maximum atomic E-state index is 12.4. The molecule has 0 aromatic heterocycles. The molecule has 25 heavy (non-hydrogen) atoms. The molecule has 3 rings (SSSR count). The molecule has 1 fully saturated rings. The Balaban J connectivity index is 1.68. The summed E-state index contributed by atoms with van der Waals surface area (Å²) >= 11 is 12.3. The highest BCUT2D eigenvalue weighted by Gasteiger charge is 2.16. The van der Waals surface area contributed by atoms with Crippen molar-refractivity contribution in [2.75, 3.05) is 36.5 Å². The van der Waals surface area contributed by atoms with Crippen LogP contribution in [0, 0.1) is 0 Å². The van der Waals surface area contributed by atoms with E-state index in [1.54, 1.807) is 6.07 Å². The Labute approximate surface area is 157 Å². The predicted molar refractivity (Wildman–Crippen MR) is 103 cm³/mol. The molecule has 1 aliphatic rings. The highest BCUT2D eigenvalue weighted by atomic mass is 35.5. The summed E-state index contributed by atoms with van der Waals surface area (Å²) in [5.74, 6) is -0.0586. The number of rotatable bonds is 5. The molecule has 0 radical (unpaired) electrons. The molecule has 2 aromatic carbocycles. The van der Waals surface area contributed by atoms with Gasteiger partial charge in [0.05, 0.1) is 24.6 Å². The molecule has 1 N–H and O–H groups in total. The molecule has 0 saturated carbocycles. The van der Waals surface area contributed by atoms with E-state index in [1.165, 1.54) is 0 Å². The Morgan fingerprint density at radius 1 is 1.12 bits per heavy atom. The first kappa shape index (κ1) is 18.1. The fraction of sp³-hybridized carbons (Fsp3) is 0.316. The van der Waals surface area contributed by atoms with Crippen molar-refractivity contribution >= 4 is 40.5 Å². The van der Waals surface area contributed by atoms with Gasteiger partial charge in [-0.25, -0.2) is 0 Å². The van der Waals surface area contributed by atoms with Crippen molar-refractivity contribution in [3.63, 3.8) is 0 Å². The lowest BCUT2D eigenvalue weighted by Crippen LogP contribution is -2.36. The molecule has 132 valence electrons. The van der Waals surface area contributed by atoms with Gasteiger partial charge in [0.1, 0.15) is 0 Å². The highest BCUT2D eigenvalue weighted by molar-refractivity contribution is 6.31. The normalized spacial score (nSPS) is 14.4. The van der Waals surface area contributed by atoms with Crippen LogP contribution in [0.1, 0.15) is 12.0 Å². The van der Waals surface area contributed by atoms with E-state index in [4.69, 9.17) is 27.9 Å². The fourth-order valence-electron chi connectivity index (χ4n) is 2.85. The molecule has 2 aromatic rings. The molecule has 4 nitrogen and oxygen atoms in total. The van der Waals surface area contributed by atoms with Gasteiger partial charge in [0, 0.05) is 29.6 Å². The number of benzene rings is 2. The third-order valence-electron chi connectivity index (χ3n) is 4.16. The number of carbonyl (C=O) groups excluding carboxylic acids is 1. The van der Waals surface area contributed by atoms with Crippen LogP contribution in [0.3, 0.4) is 0 Å². The number of hydrogen-bond acceptors (Lipinski definition) is 3. The third kappa shape index (κ3) is 4.88. The van der Waals surface area contributed by atoms with Gasteiger partial charge >= 0.3 is 0 Å². The van der Waals surface area contributed by atoms with Crippen LogP contribution in [-0.4, -0.2) is 32.2 Å². The molecular weight excluding hydrogens is 359 g/mol. The maximum absolute atomic E-state index is 12.4. The number of anilines is 2. The molecule has 0 atom stereocenters. The number of nitrogens with zero attached hydrogens (tertiary/aromatic N) is 1. The van der Waals surface area contributed by atoms with Gasteiger partial charge in [0.15, 0.2) is 0 Å². The van der Waals surface area contributed by atoms with Crippen molar-refractivity contribution in [3.8, 4) is 0 Å². The Morgan fingerprint density at radius 2 is 1.88 bits per heavy atom. The van der Waals surface area contributed by atoms with Gasteiger partial charge in [-0.15, -0.1) is 0 Å². The zero-order valence-corrected chi connectivity index (χ0v) is 15.3. The Kier molecular flexibility index (Phi) is 6.19. The summed E-state index contributed by atoms with van der Waals surface area (Å²) in [6.45, 7) is 2.96. The minimum absolute atomic E-state index is 0.0586. The first-order valence-electron chi connectivity index (χ1n) is 8.29. The molecule has 1 amide bonds. The SMILES string of the molecule is O=C(CCc1ccccc1Cl)Nc1cc(Cl)ccc1N1CCOCC1. The van der Waals surface area contributed by atoms with Gasteiger partial charge in [-0.3, -0.25) is 4.79 Å². The van der Waals surface area contributed by atoms with Crippen molar-refractivity contribution in [2.24, 2.45) is 0 Å². The second-order valence-electron chi connectivity index (χ2n) is 5.90. The summed E-state index contributed by atoms with van der Waals surface area (Å²) in [6.07, 6.45) is 0.956. The van der Waals surface area contributed by atoms with E-state index in [1.807, 2.05) is 36.4 Å². The highest BCUT2D eigenvalue weighted by Crippen LogP contribution is 2.30. The fourth-order valence-corrected chi connectivity index (χ4v) is 3.25. The number of morpholine rings is 1. The molecule has 0 aliphatic carbocycles. The van der Waals surface area contributed by atoms with Crippen LogP contribution in [0.15, 0.2) is 42.5 Å². The first-order chi connectivity index (χ1) is 12.1. The smallest absolute Gasteiger partial charge is 0.224 e. The van der Waals surface area contributed by atoms with Crippen LogP contribution in [0.5, 0.6) is 0 Å². The molecule has 0 bridgehead atoms. The van der Waals surface area contributed by atoms with Gasteiger partial charge in [-0.1, -0.05) is 41.4 Å². The van der Waals surface area contributed by atoms with Gasteiger partial charge in [0.25, 0.3) is 0 Å². The number of ether oxygens (including phenoxy) is 1. The minimum atomic E-state index is -0.0586. The van der Waals surface area contributed by atoms with Gasteiger partial charge in [-0.2, -0.15) is 0 Å². The average Bonchev–Trinajstić information content (AvgIpc) is 2.62. The molecule has 0 spiro atoms. The number of halogens is 2. The Bertz CT molecular complexity index is 746. The standard InChI is InChI=1S/C19H20Cl2N2O2/c20-15-6-7-18(23-9-11-25-12-10-23)17(13-15)22-19(24)8-5-14-3-1-2-4-16(14)21/h1-4,6-7,13H,5,8-12H2,(H,22,24). The number of amides is 1. The summed E-state index contributed by atoms with van der Waals surface area (Å²) in [7, 11) is 0. The minimum Gasteiger partial charge on any atom is -0.378 e. The van der Waals surface area contributed by atoms with E-state index in [2.05, 4.69) is 10.2 Å². The van der Waals surface area contributed by atoms with Crippen LogP contribution in [-0.2, 0) is 16.0 Å². The van der Waals surface area contributed by atoms with Crippen LogP contribution >= 0.6 is 23.2 Å². The largest absolute Gasteiger partial charge is 0.378 e. The van der Waals surface area contributed by atoms with E-state index in [-0.39, 0.29) is 5.91 Å². The second kappa shape index (κ2) is 8.56. The lowest BCUT2D eigenvalue weighted by atomic mass is 10.1. The lowest BCUT2D eigenvalue weighted by Gasteiger charge is -2.30. The van der Waals surface area contributed by atoms with E-state index < -0.39 is 0 Å². The molecule has 1 saturated heterocycles. The van der Waals surface area contributed by atoms with Crippen molar-refractivity contribution in [3.05, 3.63) is 58.1 Å². The molecule has 6 heteroatoms. The van der Waals surface area contributed by atoms with Crippen molar-refractivity contribution in [2.45, 2.75) is 12.8 Å². The van der Waals surface area contributed by atoms with Gasteiger partial charge in [0.2, 0.25) is 5.91 Å². The molecule has 0 unspecified atom stereocenters. The quantitative estimate of drug-likeness (QED) is 0.837. The van der Waals surface area contributed by atoms with Gasteiger partial charge < -0.3 is 15.0 Å². The van der Waals surface area contributed by atoms with E-state index in [9.17, 15) is 4.79 Å². The van der Waals surface area contributed by atoms with Crippen LogP contribution < -0.4 is 10.2 Å². The maximum Gasteiger partial charge on any atom is 0.224 e. The van der Waals surface area contributed by atoms with E-state index in [0.29, 0.717) is 36.1 Å². The predicted octanol–water partition coefficient (Wildman–Crippen LogP) is 4.40. The lowest BCUT2D eigenvalue weighted by molar-refractivity contribution is -0.116. The molecular formula is C19H20Cl2N2O2. The number of carbonyl (C=O) groups is 1. The van der Waals surface area contributed by atoms with Crippen LogP contribution in [0.2, 0.25) is 10.0 Å². The third-order valence-corrected chi connectivity index (χ3v) is 4.77. The summed E-state index contributed by atoms with van der Waals surface area (Å²) < 4.78 is 5.40. The number of hydrogen-bond donors (Lipinski definition) is 1. The zero-order chi connectivity index (χ0) is 17.6. The molecule has 1 aliphatic heterocycles. The second-order valence-corrected chi connectivity index (χ2v) is 6.74. The zero-order valence-electron chi connectivity index (χ0n) is 13.8. The monoisotopic (exact) mass is 378 g/mol. The number of aryl methyl sites for hydroxylation is 1. The Hall–Kier alpha value is -1.75. The summed E-state index contributed by atoms with van der Waals surface area (Å²) in [5.41, 5.74) is 2.68. The van der Waals surface area contributed by atoms with Crippen molar-refractivity contribution < 1.29 is 9.53 Å². The summed E-state index contributed by atoms with van der Waals surface area (Å²) in [5, 5.41) is 4.27. The molecule has 1 heterocycles. The van der Waals surface area contributed by atoms with Crippen molar-refractivity contribution in [1.82, 2.24) is 0 Å². The number of nitrogens with one attached hydrogen (secondary N) is 1. The summed E-state index contributed by atoms with van der Waals surface area (Å²) in [4.78, 5) is 14.6. The van der Waals surface area contributed by atoms with E-state index >= 15 is 0 Å².